The van der Waals surface area contributed by atoms with E-state index in [9.17, 15) is 10.1 Å². The number of benzene rings is 2. The fourth-order valence-electron chi connectivity index (χ4n) is 2.22. The number of hydrogen-bond acceptors (Lipinski definition) is 3. The van der Waals surface area contributed by atoms with E-state index in [-0.39, 0.29) is 11.1 Å². The quantitative estimate of drug-likeness (QED) is 0.370. The van der Waals surface area contributed by atoms with Gasteiger partial charge in [0.25, 0.3) is 5.69 Å². The number of non-ortho nitro benzene ring substituents is 1. The van der Waals surface area contributed by atoms with E-state index in [1.165, 1.54) is 22.2 Å². The fraction of sp³-hybridized carbons (Fsp3) is 0.125. The van der Waals surface area contributed by atoms with Gasteiger partial charge in [0.15, 0.2) is 0 Å². The van der Waals surface area contributed by atoms with Crippen molar-refractivity contribution in [1.82, 2.24) is 0 Å². The second kappa shape index (κ2) is 5.84. The van der Waals surface area contributed by atoms with Crippen LogP contribution in [0, 0.1) is 10.1 Å². The zero-order valence-corrected chi connectivity index (χ0v) is 12.6. The topological polar surface area (TPSA) is 43.1 Å². The summed E-state index contributed by atoms with van der Waals surface area (Å²) in [5.74, 6) is 0. The lowest BCUT2D eigenvalue weighted by Gasteiger charge is -2.06. The molecular formula is C16H12ClNO2S. The molecule has 5 heteroatoms. The van der Waals surface area contributed by atoms with Gasteiger partial charge in [-0.3, -0.25) is 10.1 Å². The number of fused-ring (bicyclic) bond motifs is 1. The minimum Gasteiger partial charge on any atom is -0.258 e. The van der Waals surface area contributed by atoms with Crippen LogP contribution in [0.1, 0.15) is 15.8 Å². The highest BCUT2D eigenvalue weighted by molar-refractivity contribution is 7.19. The average molecular weight is 318 g/mol. The lowest BCUT2D eigenvalue weighted by molar-refractivity contribution is -0.384. The molecular weight excluding hydrogens is 306 g/mol. The third-order valence-corrected chi connectivity index (χ3v) is 5.06. The Hall–Kier alpha value is -1.91. The Morgan fingerprint density at radius 3 is 2.52 bits per heavy atom. The van der Waals surface area contributed by atoms with Gasteiger partial charge < -0.3 is 0 Å². The first-order valence-corrected chi connectivity index (χ1v) is 7.74. The monoisotopic (exact) mass is 317 g/mol. The Labute approximate surface area is 130 Å². The molecule has 0 N–H and O–H groups in total. The molecule has 3 rings (SSSR count). The fourth-order valence-corrected chi connectivity index (χ4v) is 3.64. The average Bonchev–Trinajstić information content (AvgIpc) is 2.92. The maximum Gasteiger partial charge on any atom is 0.269 e. The van der Waals surface area contributed by atoms with Crippen molar-refractivity contribution in [2.24, 2.45) is 0 Å². The largest absolute Gasteiger partial charge is 0.269 e. The van der Waals surface area contributed by atoms with Gasteiger partial charge in [-0.2, -0.15) is 0 Å². The van der Waals surface area contributed by atoms with E-state index in [1.54, 1.807) is 23.5 Å². The molecule has 0 amide bonds. The molecule has 0 saturated heterocycles. The second-order valence-corrected chi connectivity index (χ2v) is 6.42. The van der Waals surface area contributed by atoms with Gasteiger partial charge in [-0.05, 0) is 29.5 Å². The Bertz CT molecular complexity index is 749. The number of alkyl halides is 1. The third kappa shape index (κ3) is 3.06. The van der Waals surface area contributed by atoms with Gasteiger partial charge in [-0.25, -0.2) is 0 Å². The van der Waals surface area contributed by atoms with Gasteiger partial charge in [0.2, 0.25) is 0 Å². The summed E-state index contributed by atoms with van der Waals surface area (Å²) in [5, 5.41) is 11.7. The molecule has 0 bridgehead atoms. The van der Waals surface area contributed by atoms with E-state index < -0.39 is 4.92 Å². The summed E-state index contributed by atoms with van der Waals surface area (Å²) in [4.78, 5) is 11.4. The van der Waals surface area contributed by atoms with Crippen LogP contribution in [0.25, 0.3) is 10.1 Å². The lowest BCUT2D eigenvalue weighted by atomic mass is 10.1. The molecule has 1 atom stereocenters. The van der Waals surface area contributed by atoms with Crippen LogP contribution in [0.15, 0.2) is 54.6 Å². The van der Waals surface area contributed by atoms with Crippen molar-refractivity contribution in [3.63, 3.8) is 0 Å². The highest BCUT2D eigenvalue weighted by atomic mass is 35.5. The summed E-state index contributed by atoms with van der Waals surface area (Å²) < 4.78 is 1.22. The molecule has 1 aromatic heterocycles. The normalized spacial score (nSPS) is 12.4. The van der Waals surface area contributed by atoms with Crippen molar-refractivity contribution in [3.05, 3.63) is 75.2 Å². The summed E-state index contributed by atoms with van der Waals surface area (Å²) in [7, 11) is 0. The Morgan fingerprint density at radius 2 is 1.86 bits per heavy atom. The van der Waals surface area contributed by atoms with Crippen LogP contribution in [-0.4, -0.2) is 4.92 Å². The minimum atomic E-state index is -0.395. The zero-order valence-electron chi connectivity index (χ0n) is 11.0. The summed E-state index contributed by atoms with van der Waals surface area (Å²) in [6.45, 7) is 0. The third-order valence-electron chi connectivity index (χ3n) is 3.32. The van der Waals surface area contributed by atoms with Gasteiger partial charge in [0.1, 0.15) is 0 Å². The van der Waals surface area contributed by atoms with E-state index in [0.29, 0.717) is 6.42 Å². The predicted octanol–water partition coefficient (Wildman–Crippen LogP) is 5.33. The number of nitrogens with zero attached hydrogens (tertiary/aromatic N) is 1. The van der Waals surface area contributed by atoms with Crippen LogP contribution < -0.4 is 0 Å². The molecule has 0 saturated carbocycles. The van der Waals surface area contributed by atoms with Crippen LogP contribution in [0.5, 0.6) is 0 Å². The highest BCUT2D eigenvalue weighted by Crippen LogP contribution is 2.35. The van der Waals surface area contributed by atoms with Crippen molar-refractivity contribution < 1.29 is 4.92 Å². The molecule has 3 nitrogen and oxygen atoms in total. The maximum absolute atomic E-state index is 10.6. The minimum absolute atomic E-state index is 0.103. The number of hydrogen-bond donors (Lipinski definition) is 0. The van der Waals surface area contributed by atoms with Gasteiger partial charge in [0, 0.05) is 21.7 Å². The molecule has 0 radical (unpaired) electrons. The highest BCUT2D eigenvalue weighted by Gasteiger charge is 2.13. The molecule has 0 aliphatic heterocycles. The van der Waals surface area contributed by atoms with E-state index in [1.807, 2.05) is 12.1 Å². The van der Waals surface area contributed by atoms with Gasteiger partial charge in [-0.1, -0.05) is 30.3 Å². The first kappa shape index (κ1) is 14.0. The van der Waals surface area contributed by atoms with Gasteiger partial charge in [-0.15, -0.1) is 22.9 Å². The Morgan fingerprint density at radius 1 is 1.14 bits per heavy atom. The number of rotatable bonds is 4. The van der Waals surface area contributed by atoms with Crippen molar-refractivity contribution >= 4 is 38.7 Å². The van der Waals surface area contributed by atoms with Crippen LogP contribution in [0.3, 0.4) is 0 Å². The van der Waals surface area contributed by atoms with Crippen molar-refractivity contribution in [2.45, 2.75) is 11.8 Å². The summed E-state index contributed by atoms with van der Waals surface area (Å²) in [6, 6.07) is 16.9. The Kier molecular flexibility index (Phi) is 3.90. The molecule has 0 aliphatic rings. The van der Waals surface area contributed by atoms with Crippen molar-refractivity contribution in [2.75, 3.05) is 0 Å². The van der Waals surface area contributed by atoms with E-state index in [4.69, 9.17) is 11.6 Å². The SMILES string of the molecule is O=[N+]([O-])c1ccc(CC(Cl)c2cc3ccccc3s2)cc1. The van der Waals surface area contributed by atoms with Gasteiger partial charge >= 0.3 is 0 Å². The molecule has 106 valence electrons. The van der Waals surface area contributed by atoms with Crippen LogP contribution in [0.4, 0.5) is 5.69 Å². The van der Waals surface area contributed by atoms with Crippen LogP contribution in [-0.2, 0) is 6.42 Å². The number of nitro groups is 1. The first-order valence-electron chi connectivity index (χ1n) is 6.49. The van der Waals surface area contributed by atoms with Crippen molar-refractivity contribution in [3.8, 4) is 0 Å². The maximum atomic E-state index is 10.6. The second-order valence-electron chi connectivity index (χ2n) is 4.78. The first-order chi connectivity index (χ1) is 10.1. The summed E-state index contributed by atoms with van der Waals surface area (Å²) >= 11 is 8.18. The predicted molar refractivity (Wildman–Crippen MR) is 87.2 cm³/mol. The molecule has 21 heavy (non-hydrogen) atoms. The number of nitro benzene ring substituents is 1. The molecule has 0 aliphatic carbocycles. The van der Waals surface area contributed by atoms with E-state index in [2.05, 4.69) is 18.2 Å². The number of halogens is 1. The zero-order chi connectivity index (χ0) is 14.8. The van der Waals surface area contributed by atoms with Crippen molar-refractivity contribution in [1.29, 1.82) is 0 Å². The molecule has 0 spiro atoms. The van der Waals surface area contributed by atoms with Crippen LogP contribution in [0.2, 0.25) is 0 Å². The molecule has 1 heterocycles. The lowest BCUT2D eigenvalue weighted by Crippen LogP contribution is -1.94. The van der Waals surface area contributed by atoms with E-state index in [0.717, 1.165) is 10.4 Å². The molecule has 3 aromatic rings. The number of thiophene rings is 1. The van der Waals surface area contributed by atoms with E-state index >= 15 is 0 Å². The smallest absolute Gasteiger partial charge is 0.258 e. The van der Waals surface area contributed by atoms with Crippen LogP contribution >= 0.6 is 22.9 Å². The summed E-state index contributed by atoms with van der Waals surface area (Å²) in [6.07, 6.45) is 0.659. The Balaban J connectivity index is 1.78. The molecule has 2 aromatic carbocycles. The summed E-state index contributed by atoms with van der Waals surface area (Å²) in [5.41, 5.74) is 1.10. The molecule has 1 unspecified atom stereocenters. The standard InChI is InChI=1S/C16H12ClNO2S/c17-14(9-11-5-7-13(8-6-11)18(19)20)16-10-12-3-1-2-4-15(12)21-16/h1-8,10,14H,9H2. The van der Waals surface area contributed by atoms with Gasteiger partial charge in [0.05, 0.1) is 10.3 Å². The molecule has 0 fully saturated rings.